The van der Waals surface area contributed by atoms with Crippen LogP contribution in [0.1, 0.15) is 18.1 Å². The molecule has 20 heavy (non-hydrogen) atoms. The van der Waals surface area contributed by atoms with Crippen molar-refractivity contribution in [3.8, 4) is 5.75 Å². The van der Waals surface area contributed by atoms with E-state index < -0.39 is 0 Å². The number of ether oxygens (including phenoxy) is 1. The van der Waals surface area contributed by atoms with Gasteiger partial charge in [0.25, 0.3) is 0 Å². The molecule has 0 aliphatic rings. The topological polar surface area (TPSA) is 33.6 Å². The molecule has 0 saturated heterocycles. The fourth-order valence-electron chi connectivity index (χ4n) is 1.71. The summed E-state index contributed by atoms with van der Waals surface area (Å²) in [5.74, 6) is 0.833. The summed E-state index contributed by atoms with van der Waals surface area (Å²) in [6.07, 6.45) is 0. The number of hydrazone groups is 1. The summed E-state index contributed by atoms with van der Waals surface area (Å²) in [7, 11) is 1.65. The molecule has 0 spiro atoms. The fraction of sp³-hybridized carbons (Fsp3) is 0.188. The molecule has 0 aliphatic heterocycles. The van der Waals surface area contributed by atoms with Crippen molar-refractivity contribution in [2.75, 3.05) is 12.5 Å². The highest BCUT2D eigenvalue weighted by atomic mass is 35.5. The molecule has 2 rings (SSSR count). The maximum Gasteiger partial charge on any atom is 0.118 e. The summed E-state index contributed by atoms with van der Waals surface area (Å²) in [6, 6.07) is 13.5. The molecule has 3 nitrogen and oxygen atoms in total. The van der Waals surface area contributed by atoms with Gasteiger partial charge in [-0.1, -0.05) is 17.7 Å². The van der Waals surface area contributed by atoms with Gasteiger partial charge in [0.05, 0.1) is 18.5 Å². The Balaban J connectivity index is 2.11. The van der Waals surface area contributed by atoms with Crippen molar-refractivity contribution in [1.82, 2.24) is 0 Å². The molecule has 0 fully saturated rings. The molecule has 0 saturated carbocycles. The molecule has 2 aromatic rings. The number of nitrogens with zero attached hydrogens (tertiary/aromatic N) is 1. The number of benzene rings is 2. The molecule has 4 heteroatoms. The number of rotatable bonds is 4. The summed E-state index contributed by atoms with van der Waals surface area (Å²) in [5, 5.41) is 5.09. The van der Waals surface area contributed by atoms with Crippen LogP contribution in [0.15, 0.2) is 47.6 Å². The Bertz CT molecular complexity index is 621. The van der Waals surface area contributed by atoms with Crippen molar-refractivity contribution in [2.24, 2.45) is 5.10 Å². The molecular formula is C16H17ClN2O. The number of aryl methyl sites for hydroxylation is 1. The van der Waals surface area contributed by atoms with E-state index in [0.717, 1.165) is 33.3 Å². The molecule has 0 heterocycles. The van der Waals surface area contributed by atoms with E-state index in [9.17, 15) is 0 Å². The van der Waals surface area contributed by atoms with E-state index in [4.69, 9.17) is 16.3 Å². The minimum atomic E-state index is 0.729. The first-order valence-electron chi connectivity index (χ1n) is 6.31. The van der Waals surface area contributed by atoms with E-state index in [0.29, 0.717) is 0 Å². The van der Waals surface area contributed by atoms with Crippen LogP contribution in [-0.4, -0.2) is 12.8 Å². The van der Waals surface area contributed by atoms with Crippen LogP contribution in [0.2, 0.25) is 5.02 Å². The molecule has 0 atom stereocenters. The predicted molar refractivity (Wildman–Crippen MR) is 85.0 cm³/mol. The van der Waals surface area contributed by atoms with Gasteiger partial charge in [0.1, 0.15) is 5.75 Å². The van der Waals surface area contributed by atoms with Crippen molar-refractivity contribution in [2.45, 2.75) is 13.8 Å². The van der Waals surface area contributed by atoms with Crippen LogP contribution in [0.3, 0.4) is 0 Å². The van der Waals surface area contributed by atoms with E-state index in [1.54, 1.807) is 7.11 Å². The smallest absolute Gasteiger partial charge is 0.118 e. The van der Waals surface area contributed by atoms with Crippen molar-refractivity contribution < 1.29 is 4.74 Å². The van der Waals surface area contributed by atoms with Crippen molar-refractivity contribution in [3.63, 3.8) is 0 Å². The third-order valence-corrected chi connectivity index (χ3v) is 3.44. The number of hydrogen-bond donors (Lipinski definition) is 1. The zero-order chi connectivity index (χ0) is 14.5. The van der Waals surface area contributed by atoms with Crippen LogP contribution in [-0.2, 0) is 0 Å². The Hall–Kier alpha value is -2.00. The average Bonchev–Trinajstić information content (AvgIpc) is 2.48. The van der Waals surface area contributed by atoms with Gasteiger partial charge >= 0.3 is 0 Å². The van der Waals surface area contributed by atoms with Gasteiger partial charge < -0.3 is 4.74 Å². The van der Waals surface area contributed by atoms with E-state index in [1.807, 2.05) is 56.3 Å². The highest BCUT2D eigenvalue weighted by Gasteiger charge is 2.00. The minimum Gasteiger partial charge on any atom is -0.497 e. The van der Waals surface area contributed by atoms with Crippen LogP contribution >= 0.6 is 11.6 Å². The molecular weight excluding hydrogens is 272 g/mol. The van der Waals surface area contributed by atoms with Gasteiger partial charge in [-0.25, -0.2) is 0 Å². The molecule has 0 unspecified atom stereocenters. The Kier molecular flexibility index (Phi) is 4.64. The first kappa shape index (κ1) is 14.4. The lowest BCUT2D eigenvalue weighted by Crippen LogP contribution is -1.99. The number of anilines is 1. The van der Waals surface area contributed by atoms with Crippen LogP contribution < -0.4 is 10.2 Å². The average molecular weight is 289 g/mol. The predicted octanol–water partition coefficient (Wildman–Crippen LogP) is 4.49. The highest BCUT2D eigenvalue weighted by Crippen LogP contribution is 2.20. The zero-order valence-electron chi connectivity index (χ0n) is 11.8. The molecule has 0 radical (unpaired) electrons. The van der Waals surface area contributed by atoms with Gasteiger partial charge in [-0.2, -0.15) is 5.10 Å². The molecule has 1 N–H and O–H groups in total. The molecule has 0 aromatic heterocycles. The second-order valence-corrected chi connectivity index (χ2v) is 4.91. The van der Waals surface area contributed by atoms with Gasteiger partial charge in [0.2, 0.25) is 0 Å². The van der Waals surface area contributed by atoms with Gasteiger partial charge in [-0.05, 0) is 61.4 Å². The lowest BCUT2D eigenvalue weighted by molar-refractivity contribution is 0.415. The van der Waals surface area contributed by atoms with E-state index in [2.05, 4.69) is 10.5 Å². The maximum absolute atomic E-state index is 6.08. The van der Waals surface area contributed by atoms with E-state index in [-0.39, 0.29) is 0 Å². The van der Waals surface area contributed by atoms with E-state index >= 15 is 0 Å². The van der Waals surface area contributed by atoms with Crippen LogP contribution in [0, 0.1) is 6.92 Å². The van der Waals surface area contributed by atoms with Crippen molar-refractivity contribution in [3.05, 3.63) is 58.6 Å². The molecule has 0 aliphatic carbocycles. The van der Waals surface area contributed by atoms with Crippen LogP contribution in [0.5, 0.6) is 5.75 Å². The third-order valence-electron chi connectivity index (χ3n) is 3.03. The standard InChI is InChI=1S/C16H17ClN2O/c1-11-4-7-14(10-16(11)17)19-18-12(2)13-5-8-15(20-3)9-6-13/h4-10,19H,1-3H3/b18-12-. The Morgan fingerprint density at radius 1 is 1.15 bits per heavy atom. The number of halogens is 1. The molecule has 2 aromatic carbocycles. The Morgan fingerprint density at radius 3 is 2.45 bits per heavy atom. The largest absolute Gasteiger partial charge is 0.497 e. The van der Waals surface area contributed by atoms with Crippen molar-refractivity contribution in [1.29, 1.82) is 0 Å². The lowest BCUT2D eigenvalue weighted by Gasteiger charge is -2.06. The van der Waals surface area contributed by atoms with Crippen molar-refractivity contribution >= 4 is 23.0 Å². The van der Waals surface area contributed by atoms with Gasteiger partial charge in [0.15, 0.2) is 0 Å². The summed E-state index contributed by atoms with van der Waals surface area (Å²) >= 11 is 6.08. The second-order valence-electron chi connectivity index (χ2n) is 4.50. The van der Waals surface area contributed by atoms with Gasteiger partial charge in [0, 0.05) is 5.02 Å². The molecule has 0 bridgehead atoms. The van der Waals surface area contributed by atoms with Gasteiger partial charge in [-0.15, -0.1) is 0 Å². The Morgan fingerprint density at radius 2 is 1.85 bits per heavy atom. The molecule has 104 valence electrons. The van der Waals surface area contributed by atoms with E-state index in [1.165, 1.54) is 0 Å². The second kappa shape index (κ2) is 6.44. The third kappa shape index (κ3) is 3.52. The number of hydrogen-bond acceptors (Lipinski definition) is 3. The first-order chi connectivity index (χ1) is 9.60. The minimum absolute atomic E-state index is 0.729. The van der Waals surface area contributed by atoms with Crippen LogP contribution in [0.25, 0.3) is 0 Å². The monoisotopic (exact) mass is 288 g/mol. The number of methoxy groups -OCH3 is 1. The maximum atomic E-state index is 6.08. The fourth-order valence-corrected chi connectivity index (χ4v) is 1.89. The SMILES string of the molecule is COc1ccc(/C(C)=N\Nc2ccc(C)c(Cl)c2)cc1. The zero-order valence-corrected chi connectivity index (χ0v) is 12.5. The highest BCUT2D eigenvalue weighted by molar-refractivity contribution is 6.31. The summed E-state index contributed by atoms with van der Waals surface area (Å²) in [6.45, 7) is 3.92. The quantitative estimate of drug-likeness (QED) is 0.664. The summed E-state index contributed by atoms with van der Waals surface area (Å²) in [4.78, 5) is 0. The van der Waals surface area contributed by atoms with Crippen LogP contribution in [0.4, 0.5) is 5.69 Å². The Labute approximate surface area is 124 Å². The summed E-state index contributed by atoms with van der Waals surface area (Å²) in [5.41, 5.74) is 6.86. The lowest BCUT2D eigenvalue weighted by atomic mass is 10.1. The van der Waals surface area contributed by atoms with Gasteiger partial charge in [-0.3, -0.25) is 5.43 Å². The number of nitrogens with one attached hydrogen (secondary N) is 1. The summed E-state index contributed by atoms with van der Waals surface area (Å²) < 4.78 is 5.13. The first-order valence-corrected chi connectivity index (χ1v) is 6.69. The molecule has 0 amide bonds. The normalized spacial score (nSPS) is 11.3.